The van der Waals surface area contributed by atoms with Gasteiger partial charge in [-0.25, -0.2) is 0 Å². The Balaban J connectivity index is 2.00. The third-order valence-electron chi connectivity index (χ3n) is 5.14. The molecule has 2 rings (SSSR count). The van der Waals surface area contributed by atoms with Crippen molar-refractivity contribution in [3.8, 4) is 0 Å². The summed E-state index contributed by atoms with van der Waals surface area (Å²) in [4.78, 5) is 5.05. The lowest BCUT2D eigenvalue weighted by Gasteiger charge is -2.45. The van der Waals surface area contributed by atoms with E-state index < -0.39 is 0 Å². The van der Waals surface area contributed by atoms with Crippen molar-refractivity contribution in [3.63, 3.8) is 0 Å². The number of nitrogens with zero attached hydrogens (tertiary/aromatic N) is 2. The lowest BCUT2D eigenvalue weighted by atomic mass is 9.78. The molecule has 4 nitrogen and oxygen atoms in total. The van der Waals surface area contributed by atoms with Gasteiger partial charge in [-0.1, -0.05) is 6.92 Å². The van der Waals surface area contributed by atoms with Gasteiger partial charge in [0.25, 0.3) is 0 Å². The highest BCUT2D eigenvalue weighted by molar-refractivity contribution is 4.98. The predicted octanol–water partition coefficient (Wildman–Crippen LogP) is 1.30. The average molecular weight is 283 g/mol. The average Bonchev–Trinajstić information content (AvgIpc) is 2.86. The van der Waals surface area contributed by atoms with Crippen LogP contribution in [0.25, 0.3) is 0 Å². The molecule has 2 N–H and O–H groups in total. The number of likely N-dealkylation sites (tertiary alicyclic amines) is 1. The summed E-state index contributed by atoms with van der Waals surface area (Å²) in [5, 5.41) is 13.4. The third-order valence-corrected chi connectivity index (χ3v) is 5.14. The molecule has 0 amide bonds. The summed E-state index contributed by atoms with van der Waals surface area (Å²) >= 11 is 0. The smallest absolute Gasteiger partial charge is 0.0613 e. The Morgan fingerprint density at radius 1 is 1.30 bits per heavy atom. The number of rotatable bonds is 6. The van der Waals surface area contributed by atoms with Crippen molar-refractivity contribution >= 4 is 0 Å². The molecule has 0 aromatic rings. The molecule has 20 heavy (non-hydrogen) atoms. The van der Waals surface area contributed by atoms with Gasteiger partial charge in [0.2, 0.25) is 0 Å². The van der Waals surface area contributed by atoms with E-state index in [1.165, 1.54) is 38.8 Å². The number of nitrogens with one attached hydrogen (secondary N) is 1. The van der Waals surface area contributed by atoms with Crippen molar-refractivity contribution in [3.05, 3.63) is 0 Å². The first-order chi connectivity index (χ1) is 9.60. The molecule has 1 heterocycles. The standard InChI is InChI=1S/C16H33N3O/c1-4-17-16(13-20)9-5-7-14(11-16)19-10-6-8-15(19)12-18(2)3/h14-15,17,20H,4-13H2,1-3H3. The molecule has 1 aliphatic heterocycles. The fourth-order valence-electron chi connectivity index (χ4n) is 4.31. The second kappa shape index (κ2) is 7.21. The Kier molecular flexibility index (Phi) is 5.84. The molecule has 1 saturated carbocycles. The van der Waals surface area contributed by atoms with Crippen molar-refractivity contribution in [2.75, 3.05) is 40.3 Å². The van der Waals surface area contributed by atoms with Crippen LogP contribution >= 0.6 is 0 Å². The summed E-state index contributed by atoms with van der Waals surface area (Å²) in [6, 6.07) is 1.37. The summed E-state index contributed by atoms with van der Waals surface area (Å²) < 4.78 is 0. The lowest BCUT2D eigenvalue weighted by molar-refractivity contribution is 0.0496. The highest BCUT2D eigenvalue weighted by atomic mass is 16.3. The Bertz CT molecular complexity index is 293. The monoisotopic (exact) mass is 283 g/mol. The molecule has 0 bridgehead atoms. The zero-order chi connectivity index (χ0) is 14.6. The largest absolute Gasteiger partial charge is 0.394 e. The minimum absolute atomic E-state index is 0.0249. The first-order valence-corrected chi connectivity index (χ1v) is 8.36. The summed E-state index contributed by atoms with van der Waals surface area (Å²) in [6.45, 7) is 5.80. The summed E-state index contributed by atoms with van der Waals surface area (Å²) in [5.74, 6) is 0. The van der Waals surface area contributed by atoms with Crippen molar-refractivity contribution in [1.82, 2.24) is 15.1 Å². The molecule has 0 aromatic heterocycles. The minimum Gasteiger partial charge on any atom is -0.394 e. The molecule has 118 valence electrons. The number of likely N-dealkylation sites (N-methyl/N-ethyl adjacent to an activating group) is 2. The van der Waals surface area contributed by atoms with Crippen LogP contribution in [0.1, 0.15) is 45.4 Å². The molecule has 1 saturated heterocycles. The molecule has 0 aromatic carbocycles. The van der Waals surface area contributed by atoms with Gasteiger partial charge in [-0.2, -0.15) is 0 Å². The maximum absolute atomic E-state index is 9.86. The third kappa shape index (κ3) is 3.73. The van der Waals surface area contributed by atoms with Crippen LogP contribution in [0.3, 0.4) is 0 Å². The van der Waals surface area contributed by atoms with E-state index in [9.17, 15) is 5.11 Å². The van der Waals surface area contributed by atoms with Gasteiger partial charge >= 0.3 is 0 Å². The van der Waals surface area contributed by atoms with E-state index in [-0.39, 0.29) is 12.1 Å². The maximum Gasteiger partial charge on any atom is 0.0613 e. The minimum atomic E-state index is -0.0249. The van der Waals surface area contributed by atoms with E-state index in [2.05, 4.69) is 36.1 Å². The molecule has 3 atom stereocenters. The van der Waals surface area contributed by atoms with E-state index in [0.717, 1.165) is 19.4 Å². The number of hydrogen-bond donors (Lipinski definition) is 2. The van der Waals surface area contributed by atoms with E-state index in [4.69, 9.17) is 0 Å². The fraction of sp³-hybridized carbons (Fsp3) is 1.00. The van der Waals surface area contributed by atoms with Gasteiger partial charge in [-0.3, -0.25) is 4.90 Å². The Labute approximate surface area is 124 Å². The van der Waals surface area contributed by atoms with Gasteiger partial charge in [0.15, 0.2) is 0 Å². The van der Waals surface area contributed by atoms with Crippen LogP contribution in [0.2, 0.25) is 0 Å². The molecule has 2 fully saturated rings. The van der Waals surface area contributed by atoms with E-state index in [0.29, 0.717) is 12.1 Å². The van der Waals surface area contributed by atoms with E-state index in [1.807, 2.05) is 0 Å². The van der Waals surface area contributed by atoms with Crippen LogP contribution in [0.5, 0.6) is 0 Å². The molecule has 2 aliphatic rings. The Morgan fingerprint density at radius 2 is 2.10 bits per heavy atom. The molecule has 3 unspecified atom stereocenters. The molecule has 0 spiro atoms. The first-order valence-electron chi connectivity index (χ1n) is 8.36. The van der Waals surface area contributed by atoms with Crippen LogP contribution < -0.4 is 5.32 Å². The van der Waals surface area contributed by atoms with Gasteiger partial charge in [0, 0.05) is 24.2 Å². The van der Waals surface area contributed by atoms with Crippen LogP contribution in [0.15, 0.2) is 0 Å². The number of hydrogen-bond acceptors (Lipinski definition) is 4. The molecular weight excluding hydrogens is 250 g/mol. The van der Waals surface area contributed by atoms with Crippen molar-refractivity contribution in [2.24, 2.45) is 0 Å². The van der Waals surface area contributed by atoms with Gasteiger partial charge in [0.05, 0.1) is 6.61 Å². The quantitative estimate of drug-likeness (QED) is 0.771. The second-order valence-corrected chi connectivity index (χ2v) is 7.02. The molecule has 0 radical (unpaired) electrons. The normalized spacial score (nSPS) is 35.9. The first kappa shape index (κ1) is 16.2. The van der Waals surface area contributed by atoms with Crippen LogP contribution in [-0.4, -0.2) is 72.9 Å². The maximum atomic E-state index is 9.86. The predicted molar refractivity (Wildman–Crippen MR) is 84.0 cm³/mol. The molecule has 4 heteroatoms. The van der Waals surface area contributed by atoms with Crippen LogP contribution in [0.4, 0.5) is 0 Å². The zero-order valence-electron chi connectivity index (χ0n) is 13.6. The van der Waals surface area contributed by atoms with Crippen LogP contribution in [-0.2, 0) is 0 Å². The van der Waals surface area contributed by atoms with Crippen molar-refractivity contribution in [2.45, 2.75) is 63.1 Å². The second-order valence-electron chi connectivity index (χ2n) is 7.02. The fourth-order valence-corrected chi connectivity index (χ4v) is 4.31. The highest BCUT2D eigenvalue weighted by Crippen LogP contribution is 2.34. The molecule has 1 aliphatic carbocycles. The zero-order valence-corrected chi connectivity index (χ0v) is 13.6. The lowest BCUT2D eigenvalue weighted by Crippen LogP contribution is -2.57. The topological polar surface area (TPSA) is 38.7 Å². The summed E-state index contributed by atoms with van der Waals surface area (Å²) in [6.07, 6.45) is 7.45. The van der Waals surface area contributed by atoms with Gasteiger partial charge in [-0.15, -0.1) is 0 Å². The summed E-state index contributed by atoms with van der Waals surface area (Å²) in [5.41, 5.74) is -0.0249. The van der Waals surface area contributed by atoms with Crippen molar-refractivity contribution < 1.29 is 5.11 Å². The molecular formula is C16H33N3O. The van der Waals surface area contributed by atoms with Crippen LogP contribution in [0, 0.1) is 0 Å². The number of aliphatic hydroxyl groups excluding tert-OH is 1. The summed E-state index contributed by atoms with van der Waals surface area (Å²) in [7, 11) is 4.35. The van der Waals surface area contributed by atoms with E-state index >= 15 is 0 Å². The number of aliphatic hydroxyl groups is 1. The van der Waals surface area contributed by atoms with Gasteiger partial charge in [-0.05, 0) is 65.7 Å². The Hall–Kier alpha value is -0.160. The van der Waals surface area contributed by atoms with Gasteiger partial charge in [0.1, 0.15) is 0 Å². The van der Waals surface area contributed by atoms with Gasteiger partial charge < -0.3 is 15.3 Å². The Morgan fingerprint density at radius 3 is 2.75 bits per heavy atom. The van der Waals surface area contributed by atoms with Crippen molar-refractivity contribution in [1.29, 1.82) is 0 Å². The SMILES string of the molecule is CCNC1(CO)CCCC(N2CCCC2CN(C)C)C1. The highest BCUT2D eigenvalue weighted by Gasteiger charge is 2.40. The van der Waals surface area contributed by atoms with E-state index in [1.54, 1.807) is 0 Å².